The number of aryl methyl sites for hydroxylation is 1. The maximum absolute atomic E-state index is 4.63. The monoisotopic (exact) mass is 187 g/mol. The van der Waals surface area contributed by atoms with Gasteiger partial charge in [0.1, 0.15) is 0 Å². The Kier molecular flexibility index (Phi) is 2.67. The third-order valence-electron chi connectivity index (χ3n) is 2.85. The Bertz CT molecular complexity index is 335. The fourth-order valence-corrected chi connectivity index (χ4v) is 1.80. The lowest BCUT2D eigenvalue weighted by molar-refractivity contribution is 0.538. The van der Waals surface area contributed by atoms with Gasteiger partial charge >= 0.3 is 0 Å². The van der Waals surface area contributed by atoms with E-state index >= 15 is 0 Å². The summed E-state index contributed by atoms with van der Waals surface area (Å²) in [6.45, 7) is 5.40. The number of rotatable bonds is 1. The van der Waals surface area contributed by atoms with Crippen molar-refractivity contribution in [3.63, 3.8) is 0 Å². The summed E-state index contributed by atoms with van der Waals surface area (Å²) in [6, 6.07) is 8.69. The molecule has 2 rings (SSSR count). The summed E-state index contributed by atoms with van der Waals surface area (Å²) in [6.07, 6.45) is 2.43. The molecule has 0 unspecified atom stereocenters. The van der Waals surface area contributed by atoms with Crippen molar-refractivity contribution < 1.29 is 0 Å². The quantitative estimate of drug-likeness (QED) is 0.640. The van der Waals surface area contributed by atoms with Gasteiger partial charge in [-0.15, -0.1) is 0 Å². The molecule has 1 aromatic rings. The van der Waals surface area contributed by atoms with Crippen molar-refractivity contribution in [2.24, 2.45) is 10.9 Å². The molecule has 0 saturated carbocycles. The average Bonchev–Trinajstić information content (AvgIpc) is 2.21. The SMILES string of the molecule is Cc1ccc(C2=NC[C@@H](C)CC2)cc1. The predicted octanol–water partition coefficient (Wildman–Crippen LogP) is 3.21. The van der Waals surface area contributed by atoms with Crippen LogP contribution in [0, 0.1) is 12.8 Å². The largest absolute Gasteiger partial charge is 0.289 e. The summed E-state index contributed by atoms with van der Waals surface area (Å²) in [5.41, 5.74) is 3.92. The van der Waals surface area contributed by atoms with Crippen LogP contribution in [0.4, 0.5) is 0 Å². The van der Waals surface area contributed by atoms with Crippen molar-refractivity contribution in [2.75, 3.05) is 6.54 Å². The summed E-state index contributed by atoms with van der Waals surface area (Å²) in [5.74, 6) is 0.768. The van der Waals surface area contributed by atoms with Crippen LogP contribution in [0.15, 0.2) is 29.3 Å². The fourth-order valence-electron chi connectivity index (χ4n) is 1.80. The van der Waals surface area contributed by atoms with Crippen LogP contribution >= 0.6 is 0 Å². The van der Waals surface area contributed by atoms with Crippen LogP contribution in [-0.2, 0) is 0 Å². The Balaban J connectivity index is 2.19. The first-order valence-corrected chi connectivity index (χ1v) is 5.36. The second-order valence-electron chi connectivity index (χ2n) is 4.30. The highest BCUT2D eigenvalue weighted by molar-refractivity contribution is 6.00. The van der Waals surface area contributed by atoms with Crippen molar-refractivity contribution in [3.8, 4) is 0 Å². The Morgan fingerprint density at radius 1 is 1.21 bits per heavy atom. The Hall–Kier alpha value is -1.11. The highest BCUT2D eigenvalue weighted by atomic mass is 14.8. The minimum Gasteiger partial charge on any atom is -0.289 e. The van der Waals surface area contributed by atoms with E-state index in [1.807, 2.05) is 0 Å². The van der Waals surface area contributed by atoms with Gasteiger partial charge in [0.2, 0.25) is 0 Å². The van der Waals surface area contributed by atoms with Crippen molar-refractivity contribution in [1.82, 2.24) is 0 Å². The van der Waals surface area contributed by atoms with Gasteiger partial charge in [-0.05, 0) is 31.2 Å². The molecule has 1 aromatic carbocycles. The molecular weight excluding hydrogens is 170 g/mol. The van der Waals surface area contributed by atoms with E-state index in [4.69, 9.17) is 0 Å². The Morgan fingerprint density at radius 2 is 1.93 bits per heavy atom. The Labute approximate surface area is 85.9 Å². The van der Waals surface area contributed by atoms with Crippen LogP contribution in [0.25, 0.3) is 0 Å². The van der Waals surface area contributed by atoms with Gasteiger partial charge in [-0.25, -0.2) is 0 Å². The van der Waals surface area contributed by atoms with Gasteiger partial charge in [0.25, 0.3) is 0 Å². The predicted molar refractivity (Wildman–Crippen MR) is 61.0 cm³/mol. The molecule has 74 valence electrons. The molecule has 0 bridgehead atoms. The van der Waals surface area contributed by atoms with Crippen molar-refractivity contribution in [1.29, 1.82) is 0 Å². The van der Waals surface area contributed by atoms with Gasteiger partial charge in [0.15, 0.2) is 0 Å². The smallest absolute Gasteiger partial charge is 0.0420 e. The van der Waals surface area contributed by atoms with Gasteiger partial charge in [-0.1, -0.05) is 36.8 Å². The molecule has 1 heterocycles. The topological polar surface area (TPSA) is 12.4 Å². The highest BCUT2D eigenvalue weighted by Crippen LogP contribution is 2.17. The highest BCUT2D eigenvalue weighted by Gasteiger charge is 2.12. The molecule has 0 N–H and O–H groups in total. The third-order valence-corrected chi connectivity index (χ3v) is 2.85. The van der Waals surface area contributed by atoms with Gasteiger partial charge in [0.05, 0.1) is 0 Å². The lowest BCUT2D eigenvalue weighted by atomic mass is 9.95. The van der Waals surface area contributed by atoms with E-state index in [1.165, 1.54) is 23.3 Å². The minimum atomic E-state index is 0.768. The summed E-state index contributed by atoms with van der Waals surface area (Å²) in [5, 5.41) is 0. The number of nitrogens with zero attached hydrogens (tertiary/aromatic N) is 1. The lowest BCUT2D eigenvalue weighted by Crippen LogP contribution is -2.14. The maximum Gasteiger partial charge on any atom is 0.0420 e. The molecule has 14 heavy (non-hydrogen) atoms. The van der Waals surface area contributed by atoms with Crippen LogP contribution in [0.5, 0.6) is 0 Å². The lowest BCUT2D eigenvalue weighted by Gasteiger charge is -2.17. The minimum absolute atomic E-state index is 0.768. The van der Waals surface area contributed by atoms with E-state index in [1.54, 1.807) is 0 Å². The molecule has 1 aliphatic heterocycles. The second-order valence-corrected chi connectivity index (χ2v) is 4.30. The third kappa shape index (κ3) is 2.03. The van der Waals surface area contributed by atoms with Crippen molar-refractivity contribution >= 4 is 5.71 Å². The summed E-state index contributed by atoms with van der Waals surface area (Å²) >= 11 is 0. The maximum atomic E-state index is 4.63. The molecule has 1 nitrogen and oxygen atoms in total. The van der Waals surface area contributed by atoms with Crippen LogP contribution in [0.1, 0.15) is 30.9 Å². The fraction of sp³-hybridized carbons (Fsp3) is 0.462. The molecule has 1 aliphatic rings. The summed E-state index contributed by atoms with van der Waals surface area (Å²) in [7, 11) is 0. The van der Waals surface area contributed by atoms with Gasteiger partial charge in [0, 0.05) is 12.3 Å². The molecule has 1 heteroatoms. The van der Waals surface area contributed by atoms with E-state index < -0.39 is 0 Å². The van der Waals surface area contributed by atoms with Crippen molar-refractivity contribution in [3.05, 3.63) is 35.4 Å². The van der Waals surface area contributed by atoms with Crippen LogP contribution in [-0.4, -0.2) is 12.3 Å². The number of hydrogen-bond acceptors (Lipinski definition) is 1. The van der Waals surface area contributed by atoms with Gasteiger partial charge < -0.3 is 0 Å². The van der Waals surface area contributed by atoms with Gasteiger partial charge in [-0.2, -0.15) is 0 Å². The van der Waals surface area contributed by atoms with Gasteiger partial charge in [-0.3, -0.25) is 4.99 Å². The zero-order valence-corrected chi connectivity index (χ0v) is 8.96. The molecule has 0 spiro atoms. The number of hydrogen-bond donors (Lipinski definition) is 0. The van der Waals surface area contributed by atoms with Crippen LogP contribution < -0.4 is 0 Å². The molecule has 0 amide bonds. The van der Waals surface area contributed by atoms with Crippen molar-refractivity contribution in [2.45, 2.75) is 26.7 Å². The zero-order valence-electron chi connectivity index (χ0n) is 8.96. The summed E-state index contributed by atoms with van der Waals surface area (Å²) < 4.78 is 0. The second kappa shape index (κ2) is 3.95. The van der Waals surface area contributed by atoms with E-state index in [2.05, 4.69) is 43.1 Å². The van der Waals surface area contributed by atoms with Crippen LogP contribution in [0.3, 0.4) is 0 Å². The first-order valence-electron chi connectivity index (χ1n) is 5.36. The van der Waals surface area contributed by atoms with E-state index in [0.29, 0.717) is 0 Å². The normalized spacial score (nSPS) is 21.9. The average molecular weight is 187 g/mol. The molecular formula is C13H17N. The molecule has 0 aliphatic carbocycles. The molecule has 0 radical (unpaired) electrons. The zero-order chi connectivity index (χ0) is 9.97. The molecule has 0 fully saturated rings. The van der Waals surface area contributed by atoms with E-state index in [-0.39, 0.29) is 0 Å². The molecule has 0 saturated heterocycles. The van der Waals surface area contributed by atoms with E-state index in [0.717, 1.165) is 18.9 Å². The number of benzene rings is 1. The summed E-state index contributed by atoms with van der Waals surface area (Å²) in [4.78, 5) is 4.63. The van der Waals surface area contributed by atoms with E-state index in [9.17, 15) is 0 Å². The standard InChI is InChI=1S/C13H17N/c1-10-3-6-12(7-4-10)13-8-5-11(2)9-14-13/h3-4,6-7,11H,5,8-9H2,1-2H3/t11-/m0/s1. The van der Waals surface area contributed by atoms with Crippen LogP contribution in [0.2, 0.25) is 0 Å². The number of aliphatic imine (C=N–C) groups is 1. The molecule has 0 aromatic heterocycles. The first-order chi connectivity index (χ1) is 6.75. The first kappa shape index (κ1) is 9.45. The molecule has 1 atom stereocenters. The Morgan fingerprint density at radius 3 is 2.50 bits per heavy atom.